The summed E-state index contributed by atoms with van der Waals surface area (Å²) in [5.41, 5.74) is -2.20. The minimum absolute atomic E-state index is 0.126. The van der Waals surface area contributed by atoms with Gasteiger partial charge in [-0.05, 0) is 66.1 Å². The van der Waals surface area contributed by atoms with Crippen LogP contribution in [0, 0.1) is 0 Å². The van der Waals surface area contributed by atoms with Gasteiger partial charge in [-0.25, -0.2) is 4.98 Å². The first-order valence-corrected chi connectivity index (χ1v) is 11.9. The number of hydrogen-bond donors (Lipinski definition) is 1. The van der Waals surface area contributed by atoms with Gasteiger partial charge in [0.2, 0.25) is 5.89 Å². The second-order valence-corrected chi connectivity index (χ2v) is 8.95. The molecule has 0 bridgehead atoms. The molecule has 0 saturated carbocycles. The van der Waals surface area contributed by atoms with Gasteiger partial charge >= 0.3 is 5.51 Å². The number of aliphatic hydroxyl groups is 1. The lowest BCUT2D eigenvalue weighted by Crippen LogP contribution is -2.03. The molecule has 1 atom stereocenters. The van der Waals surface area contributed by atoms with Crippen LogP contribution in [0.1, 0.15) is 41.7 Å². The van der Waals surface area contributed by atoms with Crippen LogP contribution in [0.25, 0.3) is 12.2 Å². The number of halogens is 3. The van der Waals surface area contributed by atoms with Crippen molar-refractivity contribution in [2.75, 3.05) is 0 Å². The summed E-state index contributed by atoms with van der Waals surface area (Å²) < 4.78 is 50.1. The van der Waals surface area contributed by atoms with Crippen molar-refractivity contribution in [3.8, 4) is 5.75 Å². The van der Waals surface area contributed by atoms with Crippen molar-refractivity contribution in [2.24, 2.45) is 0 Å². The van der Waals surface area contributed by atoms with E-state index in [-0.39, 0.29) is 23.3 Å². The highest BCUT2D eigenvalue weighted by Gasteiger charge is 2.28. The summed E-state index contributed by atoms with van der Waals surface area (Å²) in [7, 11) is 0. The third kappa shape index (κ3) is 7.99. The first-order chi connectivity index (χ1) is 17.3. The Labute approximate surface area is 209 Å². The van der Waals surface area contributed by atoms with E-state index in [1.807, 2.05) is 12.1 Å². The quantitative estimate of drug-likeness (QED) is 0.240. The number of oxazole rings is 1. The maximum atomic E-state index is 12.4. The fourth-order valence-corrected chi connectivity index (χ4v) is 3.86. The van der Waals surface area contributed by atoms with Crippen LogP contribution in [0.5, 0.6) is 5.75 Å². The van der Waals surface area contributed by atoms with E-state index in [9.17, 15) is 18.3 Å². The maximum absolute atomic E-state index is 12.4. The highest BCUT2D eigenvalue weighted by Crippen LogP contribution is 2.36. The van der Waals surface area contributed by atoms with Crippen LogP contribution < -0.4 is 4.74 Å². The fraction of sp³-hybridized carbons (Fsp3) is 0.240. The molecular weight excluding hydrogens is 493 g/mol. The Bertz CT molecular complexity index is 1240. The highest BCUT2D eigenvalue weighted by molar-refractivity contribution is 8.00. The molecule has 1 unspecified atom stereocenters. The molecule has 1 N–H and O–H groups in total. The zero-order chi connectivity index (χ0) is 25.4. The molecule has 0 aliphatic heterocycles. The molecule has 2 heterocycles. The van der Waals surface area contributed by atoms with Crippen molar-refractivity contribution in [1.29, 1.82) is 0 Å². The summed E-state index contributed by atoms with van der Waals surface area (Å²) in [6, 6.07) is 13.2. The molecule has 0 fully saturated rings. The van der Waals surface area contributed by atoms with E-state index in [1.54, 1.807) is 53.5 Å². The zero-order valence-electron chi connectivity index (χ0n) is 19.0. The van der Waals surface area contributed by atoms with E-state index in [4.69, 9.17) is 9.15 Å². The Balaban J connectivity index is 1.23. The third-order valence-corrected chi connectivity index (χ3v) is 5.83. The number of nitrogens with zero attached hydrogens (tertiary/aromatic N) is 4. The monoisotopic (exact) mass is 516 g/mol. The Hall–Kier alpha value is -3.57. The molecule has 2 aromatic carbocycles. The summed E-state index contributed by atoms with van der Waals surface area (Å²) in [6.45, 7) is 0.890. The summed E-state index contributed by atoms with van der Waals surface area (Å²) >= 11 is -0.151. The van der Waals surface area contributed by atoms with Crippen LogP contribution in [-0.4, -0.2) is 30.6 Å². The van der Waals surface area contributed by atoms with Crippen molar-refractivity contribution in [2.45, 2.75) is 42.5 Å². The van der Waals surface area contributed by atoms with Gasteiger partial charge in [0, 0.05) is 23.7 Å². The topological polar surface area (TPSA) is 86.2 Å². The normalized spacial score (nSPS) is 12.8. The van der Waals surface area contributed by atoms with E-state index < -0.39 is 11.6 Å². The van der Waals surface area contributed by atoms with Crippen molar-refractivity contribution < 1.29 is 27.4 Å². The van der Waals surface area contributed by atoms with E-state index in [1.165, 1.54) is 18.4 Å². The average molecular weight is 517 g/mol. The Kier molecular flexibility index (Phi) is 8.44. The lowest BCUT2D eigenvalue weighted by atomic mass is 10.0. The number of aliphatic hydroxyl groups excluding tert-OH is 1. The van der Waals surface area contributed by atoms with E-state index in [0.717, 1.165) is 17.5 Å². The van der Waals surface area contributed by atoms with Crippen LogP contribution in [0.2, 0.25) is 0 Å². The second kappa shape index (κ2) is 11.9. The molecule has 4 aromatic rings. The van der Waals surface area contributed by atoms with Gasteiger partial charge in [0.15, 0.2) is 0 Å². The van der Waals surface area contributed by atoms with Gasteiger partial charge in [-0.2, -0.15) is 13.2 Å². The maximum Gasteiger partial charge on any atom is 0.446 e. The lowest BCUT2D eigenvalue weighted by molar-refractivity contribution is -0.0328. The summed E-state index contributed by atoms with van der Waals surface area (Å²) in [6.07, 6.45) is 9.03. The number of hydrogen-bond acceptors (Lipinski definition) is 7. The van der Waals surface area contributed by atoms with Crippen LogP contribution >= 0.6 is 11.8 Å². The van der Waals surface area contributed by atoms with Crippen molar-refractivity contribution in [1.82, 2.24) is 20.0 Å². The molecule has 0 saturated heterocycles. The number of aryl methyl sites for hydroxylation is 1. The number of thioether (sulfide) groups is 1. The predicted molar refractivity (Wildman–Crippen MR) is 129 cm³/mol. The van der Waals surface area contributed by atoms with E-state index in [2.05, 4.69) is 15.3 Å². The number of rotatable bonds is 11. The highest BCUT2D eigenvalue weighted by atomic mass is 32.2. The van der Waals surface area contributed by atoms with Gasteiger partial charge in [0.25, 0.3) is 0 Å². The van der Waals surface area contributed by atoms with Gasteiger partial charge in [-0.3, -0.25) is 4.68 Å². The average Bonchev–Trinajstić information content (AvgIpc) is 3.54. The number of ether oxygens (including phenoxy) is 1. The molecule has 188 valence electrons. The summed E-state index contributed by atoms with van der Waals surface area (Å²) in [5, 5.41) is 18.0. The van der Waals surface area contributed by atoms with Crippen LogP contribution in [0.15, 0.2) is 76.5 Å². The molecule has 0 aliphatic carbocycles. The van der Waals surface area contributed by atoms with Crippen molar-refractivity contribution in [3.63, 3.8) is 0 Å². The van der Waals surface area contributed by atoms with E-state index in [0.29, 0.717) is 30.3 Å². The molecule has 36 heavy (non-hydrogen) atoms. The minimum Gasteiger partial charge on any atom is -0.487 e. The molecule has 0 spiro atoms. The predicted octanol–water partition coefficient (Wildman–Crippen LogP) is 6.14. The Morgan fingerprint density at radius 3 is 2.56 bits per heavy atom. The summed E-state index contributed by atoms with van der Waals surface area (Å²) in [5.74, 6) is 0.984. The fourth-order valence-electron chi connectivity index (χ4n) is 3.32. The Morgan fingerprint density at radius 2 is 1.86 bits per heavy atom. The Morgan fingerprint density at radius 1 is 1.08 bits per heavy atom. The second-order valence-electron chi connectivity index (χ2n) is 7.81. The first kappa shape index (κ1) is 25.5. The molecule has 0 aliphatic rings. The van der Waals surface area contributed by atoms with Gasteiger partial charge < -0.3 is 14.3 Å². The van der Waals surface area contributed by atoms with Gasteiger partial charge in [-0.1, -0.05) is 29.5 Å². The minimum atomic E-state index is -4.31. The molecular formula is C25H23F3N4O3S. The van der Waals surface area contributed by atoms with Gasteiger partial charge in [0.05, 0.1) is 12.3 Å². The standard InChI is InChI=1S/C25H23F3N4O3S/c26-25(27,28)36-22-10-3-18(4-11-22)5-12-24-30-20(17-35-24)16-34-21-8-6-19(7-9-21)23(33)2-1-14-32-15-13-29-31-32/h3-13,15,17,23,33H,1-2,14,16H2/b12-5+. The number of aromatic nitrogens is 4. The smallest absolute Gasteiger partial charge is 0.446 e. The molecule has 7 nitrogen and oxygen atoms in total. The van der Waals surface area contributed by atoms with Gasteiger partial charge in [0.1, 0.15) is 24.3 Å². The lowest BCUT2D eigenvalue weighted by Gasteiger charge is -2.12. The van der Waals surface area contributed by atoms with E-state index >= 15 is 0 Å². The third-order valence-electron chi connectivity index (χ3n) is 5.09. The van der Waals surface area contributed by atoms with Crippen molar-refractivity contribution >= 4 is 23.9 Å². The summed E-state index contributed by atoms with van der Waals surface area (Å²) in [4.78, 5) is 4.45. The van der Waals surface area contributed by atoms with Crippen molar-refractivity contribution in [3.05, 3.63) is 89.9 Å². The zero-order valence-corrected chi connectivity index (χ0v) is 19.8. The largest absolute Gasteiger partial charge is 0.487 e. The van der Waals surface area contributed by atoms with Gasteiger partial charge in [-0.15, -0.1) is 5.10 Å². The SMILES string of the molecule is OC(CCCn1ccnn1)c1ccc(OCc2coc(/C=C/c3ccc(SC(F)(F)F)cc3)n2)cc1. The first-order valence-electron chi connectivity index (χ1n) is 11.1. The van der Waals surface area contributed by atoms with Crippen LogP contribution in [0.3, 0.4) is 0 Å². The molecule has 0 radical (unpaired) electrons. The number of benzene rings is 2. The van der Waals surface area contributed by atoms with Crippen LogP contribution in [0.4, 0.5) is 13.2 Å². The molecule has 11 heteroatoms. The molecule has 0 amide bonds. The molecule has 4 rings (SSSR count). The molecule has 2 aromatic heterocycles. The van der Waals surface area contributed by atoms with Crippen LogP contribution in [-0.2, 0) is 13.2 Å². The number of alkyl halides is 3.